The standard InChI is InChI=1S/C11H11BrO2/c1-7(13)9-5-8-3-2-4-14-11(8)10(12)6-9/h5-6H,2-4H2,1H3. The molecule has 1 aromatic carbocycles. The lowest BCUT2D eigenvalue weighted by Crippen LogP contribution is -2.10. The molecular weight excluding hydrogens is 244 g/mol. The van der Waals surface area contributed by atoms with E-state index in [1.807, 2.05) is 12.1 Å². The van der Waals surface area contributed by atoms with Gasteiger partial charge in [0, 0.05) is 5.56 Å². The number of hydrogen-bond donors (Lipinski definition) is 0. The number of hydrogen-bond acceptors (Lipinski definition) is 2. The maximum Gasteiger partial charge on any atom is 0.159 e. The van der Waals surface area contributed by atoms with E-state index in [1.165, 1.54) is 0 Å². The van der Waals surface area contributed by atoms with Crippen LogP contribution in [0.5, 0.6) is 5.75 Å². The molecule has 0 spiro atoms. The van der Waals surface area contributed by atoms with Gasteiger partial charge in [0.15, 0.2) is 5.78 Å². The predicted molar refractivity (Wildman–Crippen MR) is 58.0 cm³/mol. The van der Waals surface area contributed by atoms with Gasteiger partial charge in [-0.25, -0.2) is 0 Å². The van der Waals surface area contributed by atoms with E-state index in [2.05, 4.69) is 15.9 Å². The smallest absolute Gasteiger partial charge is 0.159 e. The summed E-state index contributed by atoms with van der Waals surface area (Å²) >= 11 is 3.42. The zero-order chi connectivity index (χ0) is 10.1. The highest BCUT2D eigenvalue weighted by molar-refractivity contribution is 9.10. The second-order valence-corrected chi connectivity index (χ2v) is 4.31. The van der Waals surface area contributed by atoms with Crippen LogP contribution in [0, 0.1) is 0 Å². The second kappa shape index (κ2) is 3.73. The first-order valence-corrected chi connectivity index (χ1v) is 5.44. The molecule has 0 saturated carbocycles. The number of benzene rings is 1. The molecule has 0 aliphatic carbocycles. The fraction of sp³-hybridized carbons (Fsp3) is 0.364. The lowest BCUT2D eigenvalue weighted by atomic mass is 10.0. The van der Waals surface area contributed by atoms with Crippen molar-refractivity contribution in [2.24, 2.45) is 0 Å². The monoisotopic (exact) mass is 254 g/mol. The summed E-state index contributed by atoms with van der Waals surface area (Å²) in [6.07, 6.45) is 2.02. The van der Waals surface area contributed by atoms with Crippen molar-refractivity contribution in [3.8, 4) is 5.75 Å². The van der Waals surface area contributed by atoms with E-state index in [-0.39, 0.29) is 5.78 Å². The molecular formula is C11H11BrO2. The lowest BCUT2D eigenvalue weighted by molar-refractivity contribution is 0.101. The largest absolute Gasteiger partial charge is 0.492 e. The zero-order valence-corrected chi connectivity index (χ0v) is 9.56. The van der Waals surface area contributed by atoms with Gasteiger partial charge in [0.2, 0.25) is 0 Å². The molecule has 0 bridgehead atoms. The summed E-state index contributed by atoms with van der Waals surface area (Å²) in [5.41, 5.74) is 1.89. The van der Waals surface area contributed by atoms with Crippen molar-refractivity contribution >= 4 is 21.7 Å². The summed E-state index contributed by atoms with van der Waals surface area (Å²) in [7, 11) is 0. The number of carbonyl (C=O) groups excluding carboxylic acids is 1. The molecule has 0 saturated heterocycles. The minimum atomic E-state index is 0.0964. The average molecular weight is 255 g/mol. The van der Waals surface area contributed by atoms with Gasteiger partial charge in [0.1, 0.15) is 5.75 Å². The summed E-state index contributed by atoms with van der Waals surface area (Å²) in [6, 6.07) is 3.76. The minimum Gasteiger partial charge on any atom is -0.492 e. The van der Waals surface area contributed by atoms with E-state index < -0.39 is 0 Å². The number of halogens is 1. The summed E-state index contributed by atoms with van der Waals surface area (Å²) in [5, 5.41) is 0. The molecule has 14 heavy (non-hydrogen) atoms. The van der Waals surface area contributed by atoms with Crippen LogP contribution >= 0.6 is 15.9 Å². The van der Waals surface area contributed by atoms with Crippen LogP contribution in [0.15, 0.2) is 16.6 Å². The molecule has 1 aliphatic rings. The Bertz CT molecular complexity index is 385. The first kappa shape index (κ1) is 9.71. The van der Waals surface area contributed by atoms with Crippen LogP contribution in [0.4, 0.5) is 0 Å². The first-order valence-electron chi connectivity index (χ1n) is 4.64. The predicted octanol–water partition coefficient (Wildman–Crippen LogP) is 2.98. The summed E-state index contributed by atoms with van der Waals surface area (Å²) in [6.45, 7) is 2.35. The average Bonchev–Trinajstić information content (AvgIpc) is 2.17. The minimum absolute atomic E-state index is 0.0964. The van der Waals surface area contributed by atoms with Gasteiger partial charge in [0.25, 0.3) is 0 Å². The van der Waals surface area contributed by atoms with E-state index >= 15 is 0 Å². The molecule has 1 aromatic rings. The lowest BCUT2D eigenvalue weighted by Gasteiger charge is -2.19. The molecule has 0 fully saturated rings. The van der Waals surface area contributed by atoms with Gasteiger partial charge in [-0.2, -0.15) is 0 Å². The number of Topliss-reactive ketones (excluding diaryl/α,β-unsaturated/α-hetero) is 1. The number of ketones is 1. The summed E-state index contributed by atoms with van der Waals surface area (Å²) < 4.78 is 6.42. The first-order chi connectivity index (χ1) is 6.68. The Hall–Kier alpha value is -0.830. The highest BCUT2D eigenvalue weighted by Gasteiger charge is 2.15. The van der Waals surface area contributed by atoms with E-state index in [0.717, 1.165) is 40.8 Å². The maximum atomic E-state index is 11.2. The van der Waals surface area contributed by atoms with Gasteiger partial charge in [0.05, 0.1) is 11.1 Å². The van der Waals surface area contributed by atoms with Crippen LogP contribution in [0.1, 0.15) is 29.3 Å². The highest BCUT2D eigenvalue weighted by Crippen LogP contribution is 2.34. The molecule has 0 unspecified atom stereocenters. The van der Waals surface area contributed by atoms with Gasteiger partial charge >= 0.3 is 0 Å². The van der Waals surface area contributed by atoms with Crippen molar-refractivity contribution in [1.29, 1.82) is 0 Å². The van der Waals surface area contributed by atoms with Crippen molar-refractivity contribution in [2.75, 3.05) is 6.61 Å². The Kier molecular flexibility index (Phi) is 2.59. The quantitative estimate of drug-likeness (QED) is 0.721. The van der Waals surface area contributed by atoms with E-state index in [9.17, 15) is 4.79 Å². The van der Waals surface area contributed by atoms with Crippen LogP contribution in [-0.4, -0.2) is 12.4 Å². The van der Waals surface area contributed by atoms with Crippen LogP contribution in [-0.2, 0) is 6.42 Å². The third kappa shape index (κ3) is 1.69. The number of ether oxygens (including phenoxy) is 1. The molecule has 2 rings (SSSR count). The zero-order valence-electron chi connectivity index (χ0n) is 7.97. The maximum absolute atomic E-state index is 11.2. The van der Waals surface area contributed by atoms with Gasteiger partial charge in [-0.05, 0) is 53.4 Å². The molecule has 0 radical (unpaired) electrons. The molecule has 0 N–H and O–H groups in total. The fourth-order valence-electron chi connectivity index (χ4n) is 1.64. The van der Waals surface area contributed by atoms with Gasteiger partial charge < -0.3 is 4.74 Å². The number of carbonyl (C=O) groups is 1. The Labute approximate surface area is 91.4 Å². The van der Waals surface area contributed by atoms with Gasteiger partial charge in [-0.3, -0.25) is 4.79 Å². The van der Waals surface area contributed by atoms with Crippen molar-refractivity contribution in [1.82, 2.24) is 0 Å². The van der Waals surface area contributed by atoms with Crippen molar-refractivity contribution < 1.29 is 9.53 Å². The highest BCUT2D eigenvalue weighted by atomic mass is 79.9. The van der Waals surface area contributed by atoms with E-state index in [4.69, 9.17) is 4.74 Å². The van der Waals surface area contributed by atoms with Crippen molar-refractivity contribution in [3.63, 3.8) is 0 Å². The van der Waals surface area contributed by atoms with Crippen LogP contribution in [0.2, 0.25) is 0 Å². The fourth-order valence-corrected chi connectivity index (χ4v) is 2.25. The molecule has 0 aromatic heterocycles. The second-order valence-electron chi connectivity index (χ2n) is 3.45. The van der Waals surface area contributed by atoms with Crippen LogP contribution < -0.4 is 4.74 Å². The summed E-state index contributed by atoms with van der Waals surface area (Å²) in [4.78, 5) is 11.2. The summed E-state index contributed by atoms with van der Waals surface area (Å²) in [5.74, 6) is 1.00. The van der Waals surface area contributed by atoms with Crippen LogP contribution in [0.25, 0.3) is 0 Å². The normalized spacial score (nSPS) is 14.4. The van der Waals surface area contributed by atoms with E-state index in [1.54, 1.807) is 6.92 Å². The number of rotatable bonds is 1. The molecule has 1 heterocycles. The third-order valence-corrected chi connectivity index (χ3v) is 2.95. The van der Waals surface area contributed by atoms with Gasteiger partial charge in [-0.15, -0.1) is 0 Å². The molecule has 0 amide bonds. The Morgan fingerprint density at radius 1 is 1.50 bits per heavy atom. The Morgan fingerprint density at radius 2 is 2.29 bits per heavy atom. The molecule has 0 atom stereocenters. The van der Waals surface area contributed by atoms with Crippen LogP contribution in [0.3, 0.4) is 0 Å². The SMILES string of the molecule is CC(=O)c1cc(Br)c2c(c1)CCCO2. The number of fused-ring (bicyclic) bond motifs is 1. The Balaban J connectivity index is 2.51. The van der Waals surface area contributed by atoms with Crippen molar-refractivity contribution in [2.45, 2.75) is 19.8 Å². The third-order valence-electron chi connectivity index (χ3n) is 2.36. The van der Waals surface area contributed by atoms with Gasteiger partial charge in [-0.1, -0.05) is 0 Å². The molecule has 1 aliphatic heterocycles. The van der Waals surface area contributed by atoms with E-state index in [0.29, 0.717) is 0 Å². The molecule has 74 valence electrons. The van der Waals surface area contributed by atoms with Crippen molar-refractivity contribution in [3.05, 3.63) is 27.7 Å². The number of aryl methyl sites for hydroxylation is 1. The topological polar surface area (TPSA) is 26.3 Å². The molecule has 3 heteroatoms. The molecule has 2 nitrogen and oxygen atoms in total. The Morgan fingerprint density at radius 3 is 3.00 bits per heavy atom.